The molecule has 1 heterocycles. The Morgan fingerprint density at radius 2 is 1.33 bits per heavy atom. The molecule has 0 aliphatic carbocycles. The molecule has 2 unspecified atom stereocenters. The molecule has 1 rings (SSSR count). The zero-order chi connectivity index (χ0) is 11.6. The Labute approximate surface area is 88.1 Å². The minimum Gasteiger partial charge on any atom is -0.394 e. The van der Waals surface area contributed by atoms with Crippen molar-refractivity contribution in [3.05, 3.63) is 0 Å². The van der Waals surface area contributed by atoms with Crippen molar-refractivity contribution in [2.75, 3.05) is 13.2 Å². The van der Waals surface area contributed by atoms with Crippen LogP contribution in [0, 0.1) is 0 Å². The van der Waals surface area contributed by atoms with Crippen molar-refractivity contribution in [3.63, 3.8) is 0 Å². The first-order valence-electron chi connectivity index (χ1n) is 4.85. The summed E-state index contributed by atoms with van der Waals surface area (Å²) < 4.78 is 10.7. The minimum atomic E-state index is -1.14. The maximum absolute atomic E-state index is 9.46. The third kappa shape index (κ3) is 2.87. The number of hydrogen-bond donors (Lipinski definition) is 4. The molecule has 1 fully saturated rings. The van der Waals surface area contributed by atoms with Crippen LogP contribution in [0.1, 0.15) is 13.8 Å². The van der Waals surface area contributed by atoms with Gasteiger partial charge in [0.1, 0.15) is 24.4 Å². The summed E-state index contributed by atoms with van der Waals surface area (Å²) in [4.78, 5) is 0. The minimum absolute atomic E-state index is 0.487. The summed E-state index contributed by atoms with van der Waals surface area (Å²) in [6.45, 7) is 2.29. The number of aliphatic hydroxyl groups excluding tert-OH is 4. The first-order chi connectivity index (χ1) is 6.91. The second-order valence-corrected chi connectivity index (χ2v) is 4.06. The van der Waals surface area contributed by atoms with Gasteiger partial charge in [0.15, 0.2) is 5.79 Å². The van der Waals surface area contributed by atoms with Crippen molar-refractivity contribution in [1.82, 2.24) is 0 Å². The molecule has 1 aliphatic heterocycles. The topological polar surface area (TPSA) is 99.4 Å². The maximum Gasteiger partial charge on any atom is 0.164 e. The molecule has 1 aliphatic rings. The molecule has 0 bridgehead atoms. The average molecular weight is 222 g/mol. The molecule has 0 aromatic carbocycles. The van der Waals surface area contributed by atoms with E-state index < -0.39 is 43.4 Å². The molecule has 4 atom stereocenters. The van der Waals surface area contributed by atoms with Crippen LogP contribution in [-0.2, 0) is 9.47 Å². The lowest BCUT2D eigenvalue weighted by molar-refractivity contribution is -0.163. The largest absolute Gasteiger partial charge is 0.394 e. The van der Waals surface area contributed by atoms with Gasteiger partial charge in [-0.2, -0.15) is 0 Å². The molecule has 0 amide bonds. The summed E-state index contributed by atoms with van der Waals surface area (Å²) in [5.41, 5.74) is 0. The van der Waals surface area contributed by atoms with E-state index in [9.17, 15) is 10.2 Å². The van der Waals surface area contributed by atoms with E-state index in [0.717, 1.165) is 0 Å². The van der Waals surface area contributed by atoms with Crippen molar-refractivity contribution < 1.29 is 29.9 Å². The van der Waals surface area contributed by atoms with E-state index in [0.29, 0.717) is 0 Å². The number of rotatable bonds is 4. The van der Waals surface area contributed by atoms with Gasteiger partial charge in [-0.1, -0.05) is 0 Å². The van der Waals surface area contributed by atoms with E-state index in [-0.39, 0.29) is 0 Å². The van der Waals surface area contributed by atoms with Gasteiger partial charge in [0.25, 0.3) is 0 Å². The second-order valence-electron chi connectivity index (χ2n) is 4.06. The molecule has 1 saturated heterocycles. The molecular weight excluding hydrogens is 204 g/mol. The van der Waals surface area contributed by atoms with E-state index in [4.69, 9.17) is 19.7 Å². The lowest BCUT2D eigenvalue weighted by atomic mass is 10.0. The predicted molar refractivity (Wildman–Crippen MR) is 50.0 cm³/mol. The monoisotopic (exact) mass is 222 g/mol. The standard InChI is InChI=1S/C9H18O6/c1-9(2)14-7(5(12)3-10)8(15-9)6(13)4-11/h5-8,10-13H,3-4H2,1-2H3/t5-,6?,7?,8-/m1/s1. The van der Waals surface area contributed by atoms with Crippen LogP contribution in [0.2, 0.25) is 0 Å². The highest BCUT2D eigenvalue weighted by Crippen LogP contribution is 2.31. The fourth-order valence-corrected chi connectivity index (χ4v) is 1.62. The van der Waals surface area contributed by atoms with Gasteiger partial charge in [0.05, 0.1) is 13.2 Å². The highest BCUT2D eigenvalue weighted by atomic mass is 16.8. The van der Waals surface area contributed by atoms with Crippen LogP contribution in [0.3, 0.4) is 0 Å². The Bertz CT molecular complexity index is 187. The van der Waals surface area contributed by atoms with Crippen LogP contribution in [0.5, 0.6) is 0 Å². The van der Waals surface area contributed by atoms with E-state index in [1.165, 1.54) is 0 Å². The molecule has 0 spiro atoms. The summed E-state index contributed by atoms with van der Waals surface area (Å²) in [6, 6.07) is 0. The zero-order valence-electron chi connectivity index (χ0n) is 8.83. The number of aliphatic hydroxyl groups is 4. The van der Waals surface area contributed by atoms with Gasteiger partial charge in [0, 0.05) is 0 Å². The Morgan fingerprint density at radius 1 is 1.00 bits per heavy atom. The molecule has 4 N–H and O–H groups in total. The second kappa shape index (κ2) is 4.73. The maximum atomic E-state index is 9.46. The van der Waals surface area contributed by atoms with Gasteiger partial charge in [0.2, 0.25) is 0 Å². The first kappa shape index (κ1) is 12.8. The van der Waals surface area contributed by atoms with Gasteiger partial charge in [-0.05, 0) is 13.8 Å². The molecular formula is C9H18O6. The van der Waals surface area contributed by atoms with Crippen LogP contribution in [0.25, 0.3) is 0 Å². The summed E-state index contributed by atoms with van der Waals surface area (Å²) >= 11 is 0. The Kier molecular flexibility index (Phi) is 4.05. The summed E-state index contributed by atoms with van der Waals surface area (Å²) in [6.07, 6.45) is -3.96. The number of ether oxygens (including phenoxy) is 2. The van der Waals surface area contributed by atoms with Crippen molar-refractivity contribution in [3.8, 4) is 0 Å². The van der Waals surface area contributed by atoms with Gasteiger partial charge < -0.3 is 29.9 Å². The van der Waals surface area contributed by atoms with E-state index in [1.54, 1.807) is 13.8 Å². The molecule has 0 aromatic rings. The summed E-state index contributed by atoms with van der Waals surface area (Å²) in [5, 5.41) is 36.5. The molecule has 6 nitrogen and oxygen atoms in total. The highest BCUT2D eigenvalue weighted by molar-refractivity contribution is 4.90. The van der Waals surface area contributed by atoms with Crippen LogP contribution in [0.15, 0.2) is 0 Å². The smallest absolute Gasteiger partial charge is 0.164 e. The van der Waals surface area contributed by atoms with Gasteiger partial charge >= 0.3 is 0 Å². The van der Waals surface area contributed by atoms with Gasteiger partial charge in [-0.3, -0.25) is 0 Å². The summed E-state index contributed by atoms with van der Waals surface area (Å²) in [7, 11) is 0. The molecule has 0 radical (unpaired) electrons. The van der Waals surface area contributed by atoms with Crippen LogP contribution in [-0.4, -0.2) is 63.8 Å². The van der Waals surface area contributed by atoms with Crippen molar-refractivity contribution in [2.24, 2.45) is 0 Å². The third-order valence-corrected chi connectivity index (χ3v) is 2.30. The van der Waals surface area contributed by atoms with E-state index in [2.05, 4.69) is 0 Å². The molecule has 15 heavy (non-hydrogen) atoms. The normalized spacial score (nSPS) is 34.0. The molecule has 0 saturated carbocycles. The van der Waals surface area contributed by atoms with E-state index in [1.807, 2.05) is 0 Å². The van der Waals surface area contributed by atoms with Gasteiger partial charge in [-0.25, -0.2) is 0 Å². The Balaban J connectivity index is 2.74. The molecule has 0 aromatic heterocycles. The number of hydrogen-bond acceptors (Lipinski definition) is 6. The first-order valence-corrected chi connectivity index (χ1v) is 4.85. The van der Waals surface area contributed by atoms with Crippen LogP contribution in [0.4, 0.5) is 0 Å². The fraction of sp³-hybridized carbons (Fsp3) is 1.00. The lowest BCUT2D eigenvalue weighted by Gasteiger charge is -2.23. The lowest BCUT2D eigenvalue weighted by Crippen LogP contribution is -2.45. The molecule has 6 heteroatoms. The third-order valence-electron chi connectivity index (χ3n) is 2.30. The highest BCUT2D eigenvalue weighted by Gasteiger charge is 2.47. The van der Waals surface area contributed by atoms with Crippen LogP contribution >= 0.6 is 0 Å². The summed E-state index contributed by atoms with van der Waals surface area (Å²) in [5.74, 6) is -0.943. The Hall–Kier alpha value is -0.240. The Morgan fingerprint density at radius 3 is 1.60 bits per heavy atom. The molecule has 90 valence electrons. The van der Waals surface area contributed by atoms with Crippen LogP contribution < -0.4 is 0 Å². The fourth-order valence-electron chi connectivity index (χ4n) is 1.62. The predicted octanol–water partition coefficient (Wildman–Crippen LogP) is -1.79. The van der Waals surface area contributed by atoms with Crippen molar-refractivity contribution >= 4 is 0 Å². The van der Waals surface area contributed by atoms with Crippen molar-refractivity contribution in [2.45, 2.75) is 44.1 Å². The zero-order valence-corrected chi connectivity index (χ0v) is 8.83. The SMILES string of the molecule is CC1(C)OC([C@H](O)CO)[C@@H](C(O)CO)O1. The van der Waals surface area contributed by atoms with Gasteiger partial charge in [-0.15, -0.1) is 0 Å². The quantitative estimate of drug-likeness (QED) is 0.448. The van der Waals surface area contributed by atoms with E-state index >= 15 is 0 Å². The average Bonchev–Trinajstić information content (AvgIpc) is 2.52. The van der Waals surface area contributed by atoms with Crippen molar-refractivity contribution in [1.29, 1.82) is 0 Å².